The fourth-order valence-corrected chi connectivity index (χ4v) is 5.02. The number of carbonyl (C=O) groups excluding carboxylic acids is 1. The summed E-state index contributed by atoms with van der Waals surface area (Å²) in [4.78, 5) is 17.5. The van der Waals surface area contributed by atoms with E-state index in [1.807, 2.05) is 18.5 Å². The number of hydrogen-bond donors (Lipinski definition) is 1. The first kappa shape index (κ1) is 20.8. The number of fused-ring (bicyclic) bond motifs is 3. The van der Waals surface area contributed by atoms with E-state index in [-0.39, 0.29) is 11.8 Å². The summed E-state index contributed by atoms with van der Waals surface area (Å²) in [5.41, 5.74) is 3.00. The lowest BCUT2D eigenvalue weighted by atomic mass is 9.70. The number of nitrogens with one attached hydrogen (secondary N) is 1. The fourth-order valence-electron chi connectivity index (χ4n) is 4.75. The van der Waals surface area contributed by atoms with Gasteiger partial charge >= 0.3 is 0 Å². The standard InChI is InChI=1S/C24H26BrN3O2/c1-3-17(16-22(29)26-13-15-30-2)24(18-8-10-19(25)11-9-18)21-7-5-4-6-20(21)23-27-12-14-28(23)24/h4-12,14,17H,3,13,15-16H2,1-2H3,(H,26,29). The lowest BCUT2D eigenvalue weighted by Crippen LogP contribution is -2.43. The molecule has 2 aromatic carbocycles. The van der Waals surface area contributed by atoms with Crippen LogP contribution in [0.4, 0.5) is 0 Å². The molecule has 4 rings (SSSR count). The molecule has 1 aliphatic rings. The van der Waals surface area contributed by atoms with Crippen LogP contribution < -0.4 is 5.32 Å². The second kappa shape index (κ2) is 8.74. The van der Waals surface area contributed by atoms with Crippen molar-refractivity contribution in [1.82, 2.24) is 14.9 Å². The highest BCUT2D eigenvalue weighted by atomic mass is 79.9. The van der Waals surface area contributed by atoms with Crippen LogP contribution in [0.3, 0.4) is 0 Å². The third-order valence-corrected chi connectivity index (χ3v) is 6.56. The van der Waals surface area contributed by atoms with E-state index in [1.54, 1.807) is 7.11 Å². The summed E-state index contributed by atoms with van der Waals surface area (Å²) >= 11 is 3.56. The van der Waals surface area contributed by atoms with Crippen molar-refractivity contribution in [2.45, 2.75) is 25.3 Å². The van der Waals surface area contributed by atoms with Gasteiger partial charge in [0, 0.05) is 42.5 Å². The van der Waals surface area contributed by atoms with Crippen LogP contribution in [0.1, 0.15) is 30.9 Å². The average Bonchev–Trinajstić information content (AvgIpc) is 3.34. The van der Waals surface area contributed by atoms with Gasteiger partial charge in [-0.25, -0.2) is 4.98 Å². The summed E-state index contributed by atoms with van der Waals surface area (Å²) in [6, 6.07) is 16.9. The molecular formula is C24H26BrN3O2. The molecule has 1 aromatic heterocycles. The van der Waals surface area contributed by atoms with E-state index < -0.39 is 5.54 Å². The van der Waals surface area contributed by atoms with Gasteiger partial charge in [-0.3, -0.25) is 4.79 Å². The Hall–Kier alpha value is -2.44. The number of ether oxygens (including phenoxy) is 1. The predicted molar refractivity (Wildman–Crippen MR) is 121 cm³/mol. The second-order valence-corrected chi connectivity index (χ2v) is 8.51. The van der Waals surface area contributed by atoms with Gasteiger partial charge in [0.2, 0.25) is 5.91 Å². The number of amides is 1. The number of halogens is 1. The van der Waals surface area contributed by atoms with Crippen molar-refractivity contribution in [2.24, 2.45) is 5.92 Å². The van der Waals surface area contributed by atoms with Crippen molar-refractivity contribution in [3.8, 4) is 11.4 Å². The summed E-state index contributed by atoms with van der Waals surface area (Å²) in [7, 11) is 1.64. The Morgan fingerprint density at radius 2 is 2.00 bits per heavy atom. The molecule has 2 heterocycles. The zero-order chi connectivity index (χ0) is 21.1. The minimum absolute atomic E-state index is 0.0430. The van der Waals surface area contributed by atoms with Gasteiger partial charge < -0.3 is 14.6 Å². The first-order chi connectivity index (χ1) is 14.6. The van der Waals surface area contributed by atoms with Crippen LogP contribution in [0.25, 0.3) is 11.4 Å². The normalized spacial score (nSPS) is 18.0. The molecule has 0 aliphatic carbocycles. The minimum Gasteiger partial charge on any atom is -0.383 e. The molecule has 5 nitrogen and oxygen atoms in total. The molecular weight excluding hydrogens is 442 g/mol. The Balaban J connectivity index is 1.86. The van der Waals surface area contributed by atoms with Crippen molar-refractivity contribution in [2.75, 3.05) is 20.3 Å². The number of methoxy groups -OCH3 is 1. The second-order valence-electron chi connectivity index (χ2n) is 7.59. The van der Waals surface area contributed by atoms with Crippen molar-refractivity contribution in [3.63, 3.8) is 0 Å². The van der Waals surface area contributed by atoms with Gasteiger partial charge in [-0.2, -0.15) is 0 Å². The molecule has 0 bridgehead atoms. The molecule has 0 spiro atoms. The summed E-state index contributed by atoms with van der Waals surface area (Å²) in [6.07, 6.45) is 5.16. The van der Waals surface area contributed by atoms with E-state index in [9.17, 15) is 4.79 Å². The Kier molecular flexibility index (Phi) is 6.06. The zero-order valence-corrected chi connectivity index (χ0v) is 18.9. The summed E-state index contributed by atoms with van der Waals surface area (Å²) in [5.74, 6) is 1.05. The van der Waals surface area contributed by atoms with Crippen molar-refractivity contribution >= 4 is 21.8 Å². The molecule has 2 atom stereocenters. The van der Waals surface area contributed by atoms with E-state index in [0.29, 0.717) is 19.6 Å². The summed E-state index contributed by atoms with van der Waals surface area (Å²) < 4.78 is 8.37. The van der Waals surface area contributed by atoms with Crippen LogP contribution in [-0.4, -0.2) is 35.7 Å². The summed E-state index contributed by atoms with van der Waals surface area (Å²) in [6.45, 7) is 3.18. The summed E-state index contributed by atoms with van der Waals surface area (Å²) in [5, 5.41) is 3.00. The number of imidazole rings is 1. The molecule has 1 amide bonds. The molecule has 6 heteroatoms. The quantitative estimate of drug-likeness (QED) is 0.492. The zero-order valence-electron chi connectivity index (χ0n) is 17.3. The maximum Gasteiger partial charge on any atom is 0.220 e. The van der Waals surface area contributed by atoms with Gasteiger partial charge in [0.15, 0.2) is 0 Å². The third kappa shape index (κ3) is 3.38. The van der Waals surface area contributed by atoms with Crippen LogP contribution >= 0.6 is 15.9 Å². The van der Waals surface area contributed by atoms with E-state index in [2.05, 4.69) is 80.2 Å². The van der Waals surface area contributed by atoms with Gasteiger partial charge in [-0.1, -0.05) is 59.3 Å². The first-order valence-electron chi connectivity index (χ1n) is 10.3. The largest absolute Gasteiger partial charge is 0.383 e. The number of aromatic nitrogens is 2. The predicted octanol–water partition coefficient (Wildman–Crippen LogP) is 4.60. The Morgan fingerprint density at radius 1 is 1.23 bits per heavy atom. The van der Waals surface area contributed by atoms with Crippen molar-refractivity contribution in [1.29, 1.82) is 0 Å². The number of carbonyl (C=O) groups is 1. The maximum absolute atomic E-state index is 12.8. The molecule has 30 heavy (non-hydrogen) atoms. The number of benzene rings is 2. The third-order valence-electron chi connectivity index (χ3n) is 6.03. The maximum atomic E-state index is 12.8. The molecule has 0 radical (unpaired) electrons. The van der Waals surface area contributed by atoms with Gasteiger partial charge in [0.05, 0.1) is 6.61 Å². The topological polar surface area (TPSA) is 56.1 Å². The lowest BCUT2D eigenvalue weighted by Gasteiger charge is -2.40. The molecule has 0 fully saturated rings. The SMILES string of the molecule is CCC(CC(=O)NCCOC)C1(c2ccc(Br)cc2)c2ccccc2-c2nccn21. The van der Waals surface area contributed by atoms with E-state index in [0.717, 1.165) is 27.8 Å². The van der Waals surface area contributed by atoms with Crippen molar-refractivity contribution in [3.05, 3.63) is 76.5 Å². The minimum atomic E-state index is -0.490. The van der Waals surface area contributed by atoms with Crippen LogP contribution in [0, 0.1) is 5.92 Å². The van der Waals surface area contributed by atoms with E-state index >= 15 is 0 Å². The van der Waals surface area contributed by atoms with E-state index in [1.165, 1.54) is 5.56 Å². The molecule has 3 aromatic rings. The average molecular weight is 468 g/mol. The highest BCUT2D eigenvalue weighted by Crippen LogP contribution is 2.52. The Bertz CT molecular complexity index is 1030. The van der Waals surface area contributed by atoms with Gasteiger partial charge in [0.25, 0.3) is 0 Å². The molecule has 156 valence electrons. The van der Waals surface area contributed by atoms with E-state index in [4.69, 9.17) is 4.74 Å². The van der Waals surface area contributed by atoms with Crippen molar-refractivity contribution < 1.29 is 9.53 Å². The van der Waals surface area contributed by atoms with Crippen LogP contribution in [0.2, 0.25) is 0 Å². The highest BCUT2D eigenvalue weighted by Gasteiger charge is 2.50. The van der Waals surface area contributed by atoms with Gasteiger partial charge in [-0.05, 0) is 35.6 Å². The molecule has 1 aliphatic heterocycles. The molecule has 0 saturated carbocycles. The van der Waals surface area contributed by atoms with Crippen LogP contribution in [-0.2, 0) is 15.1 Å². The van der Waals surface area contributed by atoms with Crippen LogP contribution in [0.5, 0.6) is 0 Å². The monoisotopic (exact) mass is 467 g/mol. The fraction of sp³-hybridized carbons (Fsp3) is 0.333. The highest BCUT2D eigenvalue weighted by molar-refractivity contribution is 9.10. The first-order valence-corrected chi connectivity index (χ1v) is 11.1. The molecule has 2 unspecified atom stereocenters. The number of nitrogens with zero attached hydrogens (tertiary/aromatic N) is 2. The smallest absolute Gasteiger partial charge is 0.220 e. The van der Waals surface area contributed by atoms with Gasteiger partial charge in [0.1, 0.15) is 11.4 Å². The van der Waals surface area contributed by atoms with Crippen LogP contribution in [0.15, 0.2) is 65.4 Å². The number of hydrogen-bond acceptors (Lipinski definition) is 3. The number of rotatable bonds is 8. The Labute approximate surface area is 185 Å². The molecule has 1 N–H and O–H groups in total. The Morgan fingerprint density at radius 3 is 2.73 bits per heavy atom. The molecule has 0 saturated heterocycles. The lowest BCUT2D eigenvalue weighted by molar-refractivity contribution is -0.122. The van der Waals surface area contributed by atoms with Gasteiger partial charge in [-0.15, -0.1) is 0 Å².